The summed E-state index contributed by atoms with van der Waals surface area (Å²) in [5.74, 6) is 2.70. The van der Waals surface area contributed by atoms with Crippen molar-refractivity contribution in [2.75, 3.05) is 41.8 Å². The maximum atomic E-state index is 6.66. The van der Waals surface area contributed by atoms with Gasteiger partial charge in [-0.2, -0.15) is 0 Å². The largest absolute Gasteiger partial charge is 0.497 e. The van der Waals surface area contributed by atoms with Gasteiger partial charge in [0.25, 0.3) is 0 Å². The SMILES string of the molecule is COCO[C@H]1[C@@H](C)[C@H](CC/C=C\[C@H](C)[C@H](OCc2ccc(OC)cc2)[C@@H](C)/C=C\CC[C@H]2OC(c3ccc(OC)cc3)OC[C@H]2C)O[C@@H](OC)[C@@H]1C. The summed E-state index contributed by atoms with van der Waals surface area (Å²) in [6, 6.07) is 16.0. The van der Waals surface area contributed by atoms with Crippen LogP contribution in [0.5, 0.6) is 11.5 Å². The molecule has 11 atom stereocenters. The standard InChI is InChI=1S/C43H64O9/c1-29(14-10-12-16-38-31(3)26-49-43(51-38)35-20-24-37(46-8)25-21-35)40(48-27-34-18-22-36(45-7)23-19-34)30(2)15-11-13-17-39-32(4)41(50-28-44-6)33(5)42(47-9)52-39/h10-11,14-15,18-25,29-33,38-43H,12-13,16-17,26-28H2,1-9H3/b14-10-,15-11-/t29-,30-,31+,32-,33+,38+,39-,40+,41-,42+,43?/m0/s1. The van der Waals surface area contributed by atoms with Gasteiger partial charge in [-0.1, -0.05) is 83.2 Å². The predicted molar refractivity (Wildman–Crippen MR) is 203 cm³/mol. The van der Waals surface area contributed by atoms with Crippen molar-refractivity contribution in [3.63, 3.8) is 0 Å². The lowest BCUT2D eigenvalue weighted by Crippen LogP contribution is -2.50. The van der Waals surface area contributed by atoms with Crippen molar-refractivity contribution < 1.29 is 42.6 Å². The topological polar surface area (TPSA) is 83.1 Å². The highest BCUT2D eigenvalue weighted by atomic mass is 16.7. The molecule has 0 bridgehead atoms. The van der Waals surface area contributed by atoms with E-state index in [1.807, 2.05) is 36.4 Å². The molecule has 0 saturated carbocycles. The van der Waals surface area contributed by atoms with Gasteiger partial charge in [-0.05, 0) is 55.5 Å². The third kappa shape index (κ3) is 12.1. The molecule has 0 amide bonds. The van der Waals surface area contributed by atoms with Crippen LogP contribution in [-0.4, -0.2) is 72.5 Å². The monoisotopic (exact) mass is 724 g/mol. The van der Waals surface area contributed by atoms with Crippen molar-refractivity contribution in [2.45, 2.75) is 104 Å². The minimum atomic E-state index is -0.360. The van der Waals surface area contributed by atoms with E-state index in [2.05, 4.69) is 71.1 Å². The van der Waals surface area contributed by atoms with Crippen LogP contribution in [0.25, 0.3) is 0 Å². The van der Waals surface area contributed by atoms with Crippen molar-refractivity contribution in [3.8, 4) is 11.5 Å². The molecule has 9 heteroatoms. The Bertz CT molecular complexity index is 1330. The van der Waals surface area contributed by atoms with E-state index in [4.69, 9.17) is 42.6 Å². The second-order valence-corrected chi connectivity index (χ2v) is 14.5. The molecule has 2 saturated heterocycles. The zero-order valence-electron chi connectivity index (χ0n) is 32.9. The van der Waals surface area contributed by atoms with E-state index in [1.165, 1.54) is 0 Å². The Kier molecular flexibility index (Phi) is 17.6. The Balaban J connectivity index is 1.35. The van der Waals surface area contributed by atoms with Gasteiger partial charge in [-0.15, -0.1) is 0 Å². The van der Waals surface area contributed by atoms with Gasteiger partial charge in [0.15, 0.2) is 12.6 Å². The second kappa shape index (κ2) is 21.8. The predicted octanol–water partition coefficient (Wildman–Crippen LogP) is 8.92. The molecular weight excluding hydrogens is 660 g/mol. The molecule has 0 aliphatic carbocycles. The van der Waals surface area contributed by atoms with Crippen LogP contribution in [0, 0.1) is 29.6 Å². The minimum Gasteiger partial charge on any atom is -0.497 e. The van der Waals surface area contributed by atoms with Gasteiger partial charge in [-0.3, -0.25) is 0 Å². The quantitative estimate of drug-likeness (QED) is 0.0982. The maximum Gasteiger partial charge on any atom is 0.184 e. The maximum absolute atomic E-state index is 6.66. The molecule has 2 aliphatic rings. The molecule has 2 aromatic rings. The van der Waals surface area contributed by atoms with Crippen molar-refractivity contribution in [3.05, 3.63) is 84.0 Å². The van der Waals surface area contributed by atoms with Gasteiger partial charge in [0.2, 0.25) is 0 Å². The van der Waals surface area contributed by atoms with E-state index in [1.54, 1.807) is 28.4 Å². The zero-order valence-corrected chi connectivity index (χ0v) is 32.9. The molecule has 0 aromatic heterocycles. The van der Waals surface area contributed by atoms with Crippen molar-refractivity contribution in [1.82, 2.24) is 0 Å². The molecule has 290 valence electrons. The number of hydrogen-bond donors (Lipinski definition) is 0. The fraction of sp³-hybridized carbons (Fsp3) is 0.628. The third-order valence-electron chi connectivity index (χ3n) is 10.6. The van der Waals surface area contributed by atoms with Gasteiger partial charge in [0, 0.05) is 49.4 Å². The van der Waals surface area contributed by atoms with Crippen LogP contribution in [0.15, 0.2) is 72.8 Å². The highest BCUT2D eigenvalue weighted by Gasteiger charge is 2.42. The van der Waals surface area contributed by atoms with Crippen LogP contribution in [0.3, 0.4) is 0 Å². The molecule has 0 radical (unpaired) electrons. The Morgan fingerprint density at radius 2 is 1.35 bits per heavy atom. The molecule has 2 aromatic carbocycles. The number of methoxy groups -OCH3 is 4. The minimum absolute atomic E-state index is 0.00561. The van der Waals surface area contributed by atoms with E-state index in [9.17, 15) is 0 Å². The summed E-state index contributed by atoms with van der Waals surface area (Å²) in [5.41, 5.74) is 2.13. The van der Waals surface area contributed by atoms with E-state index < -0.39 is 0 Å². The van der Waals surface area contributed by atoms with Gasteiger partial charge in [0.1, 0.15) is 18.3 Å². The highest BCUT2D eigenvalue weighted by molar-refractivity contribution is 5.28. The summed E-state index contributed by atoms with van der Waals surface area (Å²) < 4.78 is 53.1. The van der Waals surface area contributed by atoms with Crippen LogP contribution in [0.2, 0.25) is 0 Å². The molecule has 0 N–H and O–H groups in total. The molecule has 1 unspecified atom stereocenters. The Morgan fingerprint density at radius 3 is 1.92 bits per heavy atom. The van der Waals surface area contributed by atoms with Crippen LogP contribution < -0.4 is 9.47 Å². The molecular formula is C43H64O9. The number of benzene rings is 2. The van der Waals surface area contributed by atoms with Gasteiger partial charge in [0.05, 0.1) is 51.8 Å². The molecule has 2 fully saturated rings. The first-order valence-corrected chi connectivity index (χ1v) is 19.0. The average molecular weight is 725 g/mol. The lowest BCUT2D eigenvalue weighted by Gasteiger charge is -2.43. The van der Waals surface area contributed by atoms with Gasteiger partial charge >= 0.3 is 0 Å². The summed E-state index contributed by atoms with van der Waals surface area (Å²) in [6.07, 6.45) is 12.2. The van der Waals surface area contributed by atoms with Crippen molar-refractivity contribution in [2.24, 2.45) is 29.6 Å². The second-order valence-electron chi connectivity index (χ2n) is 14.5. The molecule has 0 spiro atoms. The molecule has 2 heterocycles. The number of allylic oxidation sites excluding steroid dienone is 2. The van der Waals surface area contributed by atoms with E-state index in [-0.39, 0.29) is 67.5 Å². The van der Waals surface area contributed by atoms with Gasteiger partial charge in [-0.25, -0.2) is 0 Å². The van der Waals surface area contributed by atoms with Crippen LogP contribution in [-0.2, 0) is 39.8 Å². The first-order valence-electron chi connectivity index (χ1n) is 19.0. The fourth-order valence-electron chi connectivity index (χ4n) is 7.34. The fourth-order valence-corrected chi connectivity index (χ4v) is 7.34. The van der Waals surface area contributed by atoms with Crippen molar-refractivity contribution in [1.29, 1.82) is 0 Å². The number of hydrogen-bond acceptors (Lipinski definition) is 9. The molecule has 9 nitrogen and oxygen atoms in total. The lowest BCUT2D eigenvalue weighted by atomic mass is 9.84. The van der Waals surface area contributed by atoms with Crippen LogP contribution >= 0.6 is 0 Å². The molecule has 2 aliphatic heterocycles. The first-order chi connectivity index (χ1) is 25.2. The van der Waals surface area contributed by atoms with E-state index in [0.29, 0.717) is 19.1 Å². The molecule has 52 heavy (non-hydrogen) atoms. The van der Waals surface area contributed by atoms with E-state index in [0.717, 1.165) is 48.3 Å². The third-order valence-corrected chi connectivity index (χ3v) is 10.6. The van der Waals surface area contributed by atoms with Crippen molar-refractivity contribution >= 4 is 0 Å². The lowest BCUT2D eigenvalue weighted by molar-refractivity contribution is -0.271. The molecule has 4 rings (SSSR count). The summed E-state index contributed by atoms with van der Waals surface area (Å²) in [5, 5.41) is 0. The summed E-state index contributed by atoms with van der Waals surface area (Å²) in [7, 11) is 6.70. The number of ether oxygens (including phenoxy) is 9. The number of rotatable bonds is 20. The van der Waals surface area contributed by atoms with Gasteiger partial charge < -0.3 is 42.6 Å². The van der Waals surface area contributed by atoms with Crippen LogP contribution in [0.1, 0.15) is 77.7 Å². The smallest absolute Gasteiger partial charge is 0.184 e. The van der Waals surface area contributed by atoms with E-state index >= 15 is 0 Å². The Hall–Kier alpha value is -2.76. The van der Waals surface area contributed by atoms with Crippen LogP contribution in [0.4, 0.5) is 0 Å². The average Bonchev–Trinajstić information content (AvgIpc) is 3.16. The first kappa shape index (κ1) is 42.0. The Labute approximate surface area is 312 Å². The summed E-state index contributed by atoms with van der Waals surface area (Å²) in [4.78, 5) is 0. The highest BCUT2D eigenvalue weighted by Crippen LogP contribution is 2.35. The Morgan fingerprint density at radius 1 is 0.750 bits per heavy atom. The summed E-state index contributed by atoms with van der Waals surface area (Å²) in [6.45, 7) is 12.5. The zero-order chi connectivity index (χ0) is 37.5. The normalized spacial score (nSPS) is 28.6. The summed E-state index contributed by atoms with van der Waals surface area (Å²) >= 11 is 0.